The first kappa shape index (κ1) is 15.9. The zero-order valence-corrected chi connectivity index (χ0v) is 14.0. The summed E-state index contributed by atoms with van der Waals surface area (Å²) in [5.41, 5.74) is 0. The van der Waals surface area contributed by atoms with Crippen molar-refractivity contribution in [1.29, 1.82) is 0 Å². The highest BCUT2D eigenvalue weighted by molar-refractivity contribution is 7.08. The van der Waals surface area contributed by atoms with E-state index in [9.17, 15) is 4.79 Å². The Morgan fingerprint density at radius 3 is 2.57 bits per heavy atom. The lowest BCUT2D eigenvalue weighted by atomic mass is 10.1. The first-order valence-corrected chi connectivity index (χ1v) is 8.86. The minimum Gasteiger partial charge on any atom is -0.489 e. The van der Waals surface area contributed by atoms with Crippen LogP contribution < -0.4 is 9.47 Å². The molecule has 23 heavy (non-hydrogen) atoms. The number of carbonyl (C=O) groups is 1. The lowest BCUT2D eigenvalue weighted by molar-refractivity contribution is -0.139. The van der Waals surface area contributed by atoms with Crippen LogP contribution in [0.25, 0.3) is 0 Å². The molecule has 1 aliphatic rings. The van der Waals surface area contributed by atoms with Crippen LogP contribution in [-0.2, 0) is 4.79 Å². The molecule has 2 aromatic rings. The maximum absolute atomic E-state index is 12.5. The predicted octanol–water partition coefficient (Wildman–Crippen LogP) is 3.59. The van der Waals surface area contributed by atoms with E-state index in [0.717, 1.165) is 37.4 Å². The molecule has 0 saturated carbocycles. The van der Waals surface area contributed by atoms with Crippen molar-refractivity contribution in [2.75, 3.05) is 13.1 Å². The molecule has 1 fully saturated rings. The molecule has 1 unspecified atom stereocenters. The zero-order valence-electron chi connectivity index (χ0n) is 13.2. The van der Waals surface area contributed by atoms with Gasteiger partial charge in [0.15, 0.2) is 6.10 Å². The Morgan fingerprint density at radius 2 is 1.91 bits per heavy atom. The minimum absolute atomic E-state index is 0.0443. The number of amides is 1. The van der Waals surface area contributed by atoms with Gasteiger partial charge in [0.1, 0.15) is 17.6 Å². The van der Waals surface area contributed by atoms with Crippen molar-refractivity contribution in [3.05, 3.63) is 47.2 Å². The molecule has 1 saturated heterocycles. The summed E-state index contributed by atoms with van der Waals surface area (Å²) in [6, 6.07) is 11.4. The number of para-hydroxylation sites is 1. The first-order valence-electron chi connectivity index (χ1n) is 7.92. The topological polar surface area (TPSA) is 38.8 Å². The van der Waals surface area contributed by atoms with Gasteiger partial charge >= 0.3 is 0 Å². The van der Waals surface area contributed by atoms with E-state index in [0.29, 0.717) is 0 Å². The summed E-state index contributed by atoms with van der Waals surface area (Å²) in [4.78, 5) is 14.4. The Hall–Kier alpha value is -2.01. The van der Waals surface area contributed by atoms with E-state index in [1.165, 1.54) is 0 Å². The second-order valence-electron chi connectivity index (χ2n) is 5.67. The molecule has 122 valence electrons. The Morgan fingerprint density at radius 1 is 1.17 bits per heavy atom. The van der Waals surface area contributed by atoms with Gasteiger partial charge in [0, 0.05) is 31.3 Å². The number of hydrogen-bond acceptors (Lipinski definition) is 4. The third kappa shape index (κ3) is 4.26. The van der Waals surface area contributed by atoms with Gasteiger partial charge < -0.3 is 14.4 Å². The van der Waals surface area contributed by atoms with Gasteiger partial charge in [-0.2, -0.15) is 0 Å². The number of rotatable bonds is 5. The van der Waals surface area contributed by atoms with Crippen molar-refractivity contribution in [1.82, 2.24) is 4.90 Å². The van der Waals surface area contributed by atoms with Crippen LogP contribution in [-0.4, -0.2) is 36.1 Å². The maximum atomic E-state index is 12.5. The number of likely N-dealkylation sites (tertiary alicyclic amines) is 1. The van der Waals surface area contributed by atoms with E-state index in [1.807, 2.05) is 59.0 Å². The quantitative estimate of drug-likeness (QED) is 0.840. The van der Waals surface area contributed by atoms with E-state index in [4.69, 9.17) is 9.47 Å². The van der Waals surface area contributed by atoms with Gasteiger partial charge in [-0.3, -0.25) is 4.79 Å². The molecule has 1 aliphatic heterocycles. The SMILES string of the molecule is CC(Oc1ccccc1)C(=O)N1CCC(Oc2ccsc2)CC1. The number of thiophene rings is 1. The largest absolute Gasteiger partial charge is 0.489 e. The second-order valence-corrected chi connectivity index (χ2v) is 6.45. The summed E-state index contributed by atoms with van der Waals surface area (Å²) in [6.45, 7) is 3.25. The monoisotopic (exact) mass is 331 g/mol. The molecule has 1 amide bonds. The fourth-order valence-corrected chi connectivity index (χ4v) is 3.28. The molecule has 0 bridgehead atoms. The Labute approximate surface area is 140 Å². The van der Waals surface area contributed by atoms with Crippen LogP contribution in [0.5, 0.6) is 11.5 Å². The highest BCUT2D eigenvalue weighted by Crippen LogP contribution is 2.22. The average Bonchev–Trinajstić information content (AvgIpc) is 3.09. The number of hydrogen-bond donors (Lipinski definition) is 0. The van der Waals surface area contributed by atoms with E-state index in [1.54, 1.807) is 11.3 Å². The molecular weight excluding hydrogens is 310 g/mol. The minimum atomic E-state index is -0.466. The Bertz CT molecular complexity index is 606. The molecule has 2 heterocycles. The average molecular weight is 331 g/mol. The molecule has 0 N–H and O–H groups in total. The van der Waals surface area contributed by atoms with Crippen LogP contribution in [0.4, 0.5) is 0 Å². The number of carbonyl (C=O) groups excluding carboxylic acids is 1. The molecule has 1 atom stereocenters. The summed E-state index contributed by atoms with van der Waals surface area (Å²) < 4.78 is 11.6. The summed E-state index contributed by atoms with van der Waals surface area (Å²) in [5.74, 6) is 1.70. The fraction of sp³-hybridized carbons (Fsp3) is 0.389. The molecule has 0 aliphatic carbocycles. The van der Waals surface area contributed by atoms with Crippen molar-refractivity contribution >= 4 is 17.2 Å². The number of piperidine rings is 1. The lowest BCUT2D eigenvalue weighted by Gasteiger charge is -2.33. The van der Waals surface area contributed by atoms with Gasteiger partial charge in [-0.05, 0) is 30.5 Å². The zero-order chi connectivity index (χ0) is 16.1. The molecule has 1 aromatic heterocycles. The summed E-state index contributed by atoms with van der Waals surface area (Å²) in [5, 5.41) is 4.02. The summed E-state index contributed by atoms with van der Waals surface area (Å²) in [6.07, 6.45) is 1.45. The van der Waals surface area contributed by atoms with E-state index >= 15 is 0 Å². The number of benzene rings is 1. The highest BCUT2D eigenvalue weighted by atomic mass is 32.1. The molecular formula is C18H21NO3S. The molecule has 3 rings (SSSR count). The van der Waals surface area contributed by atoms with Gasteiger partial charge in [0.2, 0.25) is 0 Å². The second kappa shape index (κ2) is 7.51. The Balaban J connectivity index is 1.47. The predicted molar refractivity (Wildman–Crippen MR) is 91.1 cm³/mol. The van der Waals surface area contributed by atoms with Crippen LogP contribution in [0.15, 0.2) is 47.2 Å². The van der Waals surface area contributed by atoms with Crippen LogP contribution >= 0.6 is 11.3 Å². The van der Waals surface area contributed by atoms with Crippen LogP contribution in [0.1, 0.15) is 19.8 Å². The number of nitrogens with zero attached hydrogens (tertiary/aromatic N) is 1. The smallest absolute Gasteiger partial charge is 0.263 e. The lowest BCUT2D eigenvalue weighted by Crippen LogP contribution is -2.46. The summed E-state index contributed by atoms with van der Waals surface area (Å²) >= 11 is 1.63. The van der Waals surface area contributed by atoms with Crippen molar-refractivity contribution in [2.24, 2.45) is 0 Å². The van der Waals surface area contributed by atoms with Gasteiger partial charge in [-0.1, -0.05) is 18.2 Å². The molecule has 1 aromatic carbocycles. The first-order chi connectivity index (χ1) is 11.2. The van der Waals surface area contributed by atoms with E-state index < -0.39 is 6.10 Å². The number of ether oxygens (including phenoxy) is 2. The van der Waals surface area contributed by atoms with Gasteiger partial charge in [-0.15, -0.1) is 11.3 Å². The highest BCUT2D eigenvalue weighted by Gasteiger charge is 2.27. The van der Waals surface area contributed by atoms with Gasteiger partial charge in [-0.25, -0.2) is 0 Å². The summed E-state index contributed by atoms with van der Waals surface area (Å²) in [7, 11) is 0. The van der Waals surface area contributed by atoms with Crippen LogP contribution in [0.3, 0.4) is 0 Å². The third-order valence-corrected chi connectivity index (χ3v) is 4.62. The maximum Gasteiger partial charge on any atom is 0.263 e. The Kier molecular flexibility index (Phi) is 5.18. The van der Waals surface area contributed by atoms with E-state index in [2.05, 4.69) is 0 Å². The van der Waals surface area contributed by atoms with Crippen molar-refractivity contribution in [2.45, 2.75) is 32.0 Å². The molecule has 5 heteroatoms. The fourth-order valence-electron chi connectivity index (χ4n) is 2.72. The van der Waals surface area contributed by atoms with Crippen molar-refractivity contribution < 1.29 is 14.3 Å². The van der Waals surface area contributed by atoms with Crippen LogP contribution in [0, 0.1) is 0 Å². The van der Waals surface area contributed by atoms with Gasteiger partial charge in [0.25, 0.3) is 5.91 Å². The van der Waals surface area contributed by atoms with Crippen LogP contribution in [0.2, 0.25) is 0 Å². The third-order valence-electron chi connectivity index (χ3n) is 3.96. The molecule has 4 nitrogen and oxygen atoms in total. The normalized spacial score (nSPS) is 16.8. The van der Waals surface area contributed by atoms with Crippen molar-refractivity contribution in [3.63, 3.8) is 0 Å². The van der Waals surface area contributed by atoms with E-state index in [-0.39, 0.29) is 12.0 Å². The molecule has 0 radical (unpaired) electrons. The van der Waals surface area contributed by atoms with Gasteiger partial charge in [0.05, 0.1) is 0 Å². The molecule has 0 spiro atoms. The standard InChI is InChI=1S/C18H21NO3S/c1-14(21-15-5-3-2-4-6-15)18(20)19-10-7-16(8-11-19)22-17-9-12-23-13-17/h2-6,9,12-14,16H,7-8,10-11H2,1H3. The van der Waals surface area contributed by atoms with Crippen molar-refractivity contribution in [3.8, 4) is 11.5 Å².